The minimum absolute atomic E-state index is 0.348. The van der Waals surface area contributed by atoms with Crippen molar-refractivity contribution in [2.45, 2.75) is 12.6 Å². The van der Waals surface area contributed by atoms with Gasteiger partial charge in [-0.05, 0) is 29.7 Å². The fourth-order valence-corrected chi connectivity index (χ4v) is 3.79. The fraction of sp³-hybridized carbons (Fsp3) is 0.211. The molecule has 0 aliphatic rings. The number of benzene rings is 1. The van der Waals surface area contributed by atoms with Gasteiger partial charge >= 0.3 is 0 Å². The van der Waals surface area contributed by atoms with E-state index in [4.69, 9.17) is 4.42 Å². The molecule has 9 heteroatoms. The molecule has 3 aromatic heterocycles. The Labute approximate surface area is 165 Å². The quantitative estimate of drug-likeness (QED) is 0.295. The summed E-state index contributed by atoms with van der Waals surface area (Å²) >= 11 is 1.59. The van der Waals surface area contributed by atoms with E-state index in [1.54, 1.807) is 36.8 Å². The third kappa shape index (κ3) is 4.05. The number of hydrogen-bond donors (Lipinski definition) is 4. The van der Waals surface area contributed by atoms with Crippen molar-refractivity contribution in [1.82, 2.24) is 25.8 Å². The van der Waals surface area contributed by atoms with Gasteiger partial charge in [-0.25, -0.2) is 4.98 Å². The van der Waals surface area contributed by atoms with Crippen LogP contribution in [0.15, 0.2) is 58.1 Å². The first-order chi connectivity index (χ1) is 13.7. The Morgan fingerprint density at radius 3 is 2.96 bits per heavy atom. The number of fused-ring (bicyclic) bond motifs is 1. The maximum absolute atomic E-state index is 10.5. The van der Waals surface area contributed by atoms with Gasteiger partial charge in [-0.3, -0.25) is 10.1 Å². The number of aliphatic hydroxyl groups is 1. The molecule has 1 unspecified atom stereocenters. The standard InChI is InChI=1S/C19H20N6O2S/c1-20-19(22-11-17-23-18(25-24-17)14-6-4-8-27-14)21-10-13(26)16-9-12-5-2-3-7-15(12)28-16/h2-9,13,26H,10-11H2,1H3,(H2,20,21,22)(H,23,24,25). The Morgan fingerprint density at radius 2 is 2.18 bits per heavy atom. The summed E-state index contributed by atoms with van der Waals surface area (Å²) in [6, 6.07) is 13.7. The van der Waals surface area contributed by atoms with Crippen molar-refractivity contribution in [2.24, 2.45) is 4.99 Å². The van der Waals surface area contributed by atoms with Crippen LogP contribution in [0.3, 0.4) is 0 Å². The Bertz CT molecular complexity index is 1040. The number of hydrogen-bond acceptors (Lipinski definition) is 6. The maximum Gasteiger partial charge on any atom is 0.216 e. The molecule has 8 nitrogen and oxygen atoms in total. The summed E-state index contributed by atoms with van der Waals surface area (Å²) in [5.41, 5.74) is 0. The first-order valence-electron chi connectivity index (χ1n) is 8.79. The molecule has 144 valence electrons. The van der Waals surface area contributed by atoms with Gasteiger partial charge in [0.2, 0.25) is 5.82 Å². The van der Waals surface area contributed by atoms with Gasteiger partial charge in [0.25, 0.3) is 0 Å². The molecule has 0 aliphatic heterocycles. The lowest BCUT2D eigenvalue weighted by molar-refractivity contribution is 0.184. The second-order valence-corrected chi connectivity index (χ2v) is 7.21. The zero-order chi connectivity index (χ0) is 19.3. The average molecular weight is 396 g/mol. The van der Waals surface area contributed by atoms with Crippen molar-refractivity contribution < 1.29 is 9.52 Å². The number of nitrogens with zero attached hydrogens (tertiary/aromatic N) is 3. The van der Waals surface area contributed by atoms with E-state index in [1.165, 1.54) is 0 Å². The predicted octanol–water partition coefficient (Wildman–Crippen LogP) is 2.68. The molecule has 4 aromatic rings. The molecule has 0 aliphatic carbocycles. The van der Waals surface area contributed by atoms with Crippen molar-refractivity contribution in [3.05, 3.63) is 59.4 Å². The largest absolute Gasteiger partial charge is 0.461 e. The van der Waals surface area contributed by atoms with Crippen molar-refractivity contribution in [3.63, 3.8) is 0 Å². The molecular weight excluding hydrogens is 376 g/mol. The second kappa shape index (κ2) is 8.24. The van der Waals surface area contributed by atoms with Crippen LogP contribution in [0.2, 0.25) is 0 Å². The monoisotopic (exact) mass is 396 g/mol. The summed E-state index contributed by atoms with van der Waals surface area (Å²) in [4.78, 5) is 9.47. The van der Waals surface area contributed by atoms with Gasteiger partial charge in [0.05, 0.1) is 12.8 Å². The van der Waals surface area contributed by atoms with E-state index in [9.17, 15) is 5.11 Å². The second-order valence-electron chi connectivity index (χ2n) is 6.09. The van der Waals surface area contributed by atoms with Crippen molar-refractivity contribution in [1.29, 1.82) is 0 Å². The fourth-order valence-electron chi connectivity index (χ4n) is 2.74. The molecular formula is C19H20N6O2S. The van der Waals surface area contributed by atoms with Gasteiger partial charge in [0, 0.05) is 23.2 Å². The van der Waals surface area contributed by atoms with Crippen LogP contribution in [-0.4, -0.2) is 39.8 Å². The molecule has 4 rings (SSSR count). The molecule has 0 saturated carbocycles. The van der Waals surface area contributed by atoms with Gasteiger partial charge in [0.1, 0.15) is 11.9 Å². The number of furan rings is 1. The highest BCUT2D eigenvalue weighted by molar-refractivity contribution is 7.19. The molecule has 0 amide bonds. The molecule has 4 N–H and O–H groups in total. The molecule has 0 saturated heterocycles. The zero-order valence-corrected chi connectivity index (χ0v) is 16.0. The van der Waals surface area contributed by atoms with E-state index in [1.807, 2.05) is 24.3 Å². The molecule has 28 heavy (non-hydrogen) atoms. The number of aromatic amines is 1. The van der Waals surface area contributed by atoms with Crippen molar-refractivity contribution in [3.8, 4) is 11.6 Å². The summed E-state index contributed by atoms with van der Waals surface area (Å²) in [6.07, 6.45) is 0.962. The Hall–Kier alpha value is -3.17. The summed E-state index contributed by atoms with van der Waals surface area (Å²) in [5.74, 6) is 2.33. The topological polar surface area (TPSA) is 111 Å². The smallest absolute Gasteiger partial charge is 0.216 e. The van der Waals surface area contributed by atoms with Crippen LogP contribution in [-0.2, 0) is 6.54 Å². The lowest BCUT2D eigenvalue weighted by Crippen LogP contribution is -2.39. The molecule has 1 atom stereocenters. The molecule has 0 bridgehead atoms. The van der Waals surface area contributed by atoms with Crippen LogP contribution in [0.5, 0.6) is 0 Å². The van der Waals surface area contributed by atoms with E-state index in [0.29, 0.717) is 36.5 Å². The van der Waals surface area contributed by atoms with Gasteiger partial charge in [-0.15, -0.1) is 16.4 Å². The van der Waals surface area contributed by atoms with Crippen LogP contribution >= 0.6 is 11.3 Å². The van der Waals surface area contributed by atoms with Gasteiger partial charge in [0.15, 0.2) is 11.7 Å². The number of thiophene rings is 1. The van der Waals surface area contributed by atoms with E-state index >= 15 is 0 Å². The molecule has 0 radical (unpaired) electrons. The zero-order valence-electron chi connectivity index (χ0n) is 15.2. The summed E-state index contributed by atoms with van der Waals surface area (Å²) in [5, 5.41) is 24.9. The summed E-state index contributed by atoms with van der Waals surface area (Å²) in [6.45, 7) is 0.757. The number of rotatable bonds is 6. The summed E-state index contributed by atoms with van der Waals surface area (Å²) in [7, 11) is 1.68. The number of guanidine groups is 1. The molecule has 0 fully saturated rings. The minimum atomic E-state index is -0.619. The first kappa shape index (κ1) is 18.2. The van der Waals surface area contributed by atoms with Crippen LogP contribution in [0.4, 0.5) is 0 Å². The number of nitrogens with one attached hydrogen (secondary N) is 3. The summed E-state index contributed by atoms with van der Waals surface area (Å²) < 4.78 is 6.44. The van der Waals surface area contributed by atoms with E-state index in [2.05, 4.69) is 36.9 Å². The van der Waals surface area contributed by atoms with E-state index < -0.39 is 6.10 Å². The number of aliphatic imine (C=N–C) groups is 1. The SMILES string of the molecule is CN=C(NCc1nc(-c2ccco2)n[nH]1)NCC(O)c1cc2ccccc2s1. The lowest BCUT2D eigenvalue weighted by Gasteiger charge is -2.13. The Kier molecular flexibility index (Phi) is 5.36. The normalized spacial score (nSPS) is 13.0. The highest BCUT2D eigenvalue weighted by Crippen LogP contribution is 2.29. The lowest BCUT2D eigenvalue weighted by atomic mass is 10.2. The number of aromatic nitrogens is 3. The maximum atomic E-state index is 10.5. The Morgan fingerprint density at radius 1 is 1.29 bits per heavy atom. The minimum Gasteiger partial charge on any atom is -0.461 e. The van der Waals surface area contributed by atoms with Crippen LogP contribution in [0, 0.1) is 0 Å². The predicted molar refractivity (Wildman–Crippen MR) is 109 cm³/mol. The van der Waals surface area contributed by atoms with Gasteiger partial charge < -0.3 is 20.2 Å². The van der Waals surface area contributed by atoms with Crippen LogP contribution < -0.4 is 10.6 Å². The third-order valence-corrected chi connectivity index (χ3v) is 5.37. The van der Waals surface area contributed by atoms with E-state index in [0.717, 1.165) is 15.0 Å². The highest BCUT2D eigenvalue weighted by Gasteiger charge is 2.13. The van der Waals surface area contributed by atoms with Crippen LogP contribution in [0.25, 0.3) is 21.7 Å². The average Bonchev–Trinajstić information content (AvgIpc) is 3.47. The number of H-pyrrole nitrogens is 1. The number of aliphatic hydroxyl groups excluding tert-OH is 1. The van der Waals surface area contributed by atoms with Crippen molar-refractivity contribution in [2.75, 3.05) is 13.6 Å². The van der Waals surface area contributed by atoms with E-state index in [-0.39, 0.29) is 0 Å². The van der Waals surface area contributed by atoms with Gasteiger partial charge in [-0.2, -0.15) is 0 Å². The Balaban J connectivity index is 1.31. The van der Waals surface area contributed by atoms with Crippen molar-refractivity contribution >= 4 is 27.4 Å². The third-order valence-electron chi connectivity index (χ3n) is 4.16. The molecule has 0 spiro atoms. The van der Waals surface area contributed by atoms with Gasteiger partial charge in [-0.1, -0.05) is 18.2 Å². The highest BCUT2D eigenvalue weighted by atomic mass is 32.1. The van der Waals surface area contributed by atoms with Crippen LogP contribution in [0.1, 0.15) is 16.8 Å². The molecule has 1 aromatic carbocycles. The first-order valence-corrected chi connectivity index (χ1v) is 9.61. The molecule has 3 heterocycles.